The molecule has 0 bridgehead atoms. The molecule has 3 aromatic rings. The fourth-order valence-electron chi connectivity index (χ4n) is 4.56. The first-order valence-electron chi connectivity index (χ1n) is 14.6. The molecular weight excluding hydrogens is 586 g/mol. The van der Waals surface area contributed by atoms with Gasteiger partial charge in [0.05, 0.1) is 11.0 Å². The Morgan fingerprint density at radius 2 is 1.56 bits per heavy atom. The summed E-state index contributed by atoms with van der Waals surface area (Å²) in [6, 6.07) is 22.7. The van der Waals surface area contributed by atoms with Gasteiger partial charge in [0.1, 0.15) is 6.04 Å². The lowest BCUT2D eigenvalue weighted by atomic mass is 10.0. The Morgan fingerprint density at radius 3 is 2.19 bits per heavy atom. The second-order valence-electron chi connectivity index (χ2n) is 10.6. The van der Waals surface area contributed by atoms with Gasteiger partial charge < -0.3 is 15.0 Å². The second kappa shape index (κ2) is 17.2. The Bertz CT molecular complexity index is 1400. The Balaban J connectivity index is 1.82. The van der Waals surface area contributed by atoms with Crippen molar-refractivity contribution >= 4 is 33.4 Å². The summed E-state index contributed by atoms with van der Waals surface area (Å²) >= 11 is 6.11. The number of sulfonamides is 1. The number of carbonyl (C=O) groups excluding carboxylic acids is 2. The van der Waals surface area contributed by atoms with Crippen LogP contribution in [0.15, 0.2) is 83.8 Å². The molecule has 0 aliphatic rings. The highest BCUT2D eigenvalue weighted by atomic mass is 35.5. The highest BCUT2D eigenvalue weighted by molar-refractivity contribution is 7.89. The van der Waals surface area contributed by atoms with E-state index in [0.717, 1.165) is 16.7 Å². The maximum absolute atomic E-state index is 13.9. The molecule has 0 fully saturated rings. The Morgan fingerprint density at radius 1 is 0.907 bits per heavy atom. The van der Waals surface area contributed by atoms with E-state index in [1.807, 2.05) is 56.3 Å². The topological polar surface area (TPSA) is 105 Å². The van der Waals surface area contributed by atoms with Crippen molar-refractivity contribution in [2.45, 2.75) is 70.0 Å². The minimum atomic E-state index is -3.56. The number of amides is 2. The van der Waals surface area contributed by atoms with E-state index in [-0.39, 0.29) is 35.8 Å². The lowest BCUT2D eigenvalue weighted by Crippen LogP contribution is -2.50. The first kappa shape index (κ1) is 34.3. The predicted octanol–water partition coefficient (Wildman–Crippen LogP) is 5.14. The van der Waals surface area contributed by atoms with Crippen molar-refractivity contribution in [1.29, 1.82) is 0 Å². The fraction of sp³-hybridized carbons (Fsp3) is 0.394. The van der Waals surface area contributed by atoms with Crippen LogP contribution in [0.1, 0.15) is 50.3 Å². The first-order chi connectivity index (χ1) is 20.6. The highest BCUT2D eigenvalue weighted by Gasteiger charge is 2.30. The van der Waals surface area contributed by atoms with Crippen LogP contribution in [0.4, 0.5) is 0 Å². The maximum Gasteiger partial charge on any atom is 0.243 e. The van der Waals surface area contributed by atoms with Gasteiger partial charge in [0.15, 0.2) is 0 Å². The van der Waals surface area contributed by atoms with Gasteiger partial charge in [0, 0.05) is 44.1 Å². The molecule has 0 saturated carbocycles. The quantitative estimate of drug-likeness (QED) is 0.202. The van der Waals surface area contributed by atoms with Gasteiger partial charge in [-0.3, -0.25) is 9.59 Å². The average Bonchev–Trinajstić information content (AvgIpc) is 2.99. The van der Waals surface area contributed by atoms with E-state index in [1.165, 1.54) is 12.1 Å². The van der Waals surface area contributed by atoms with Crippen LogP contribution in [0.3, 0.4) is 0 Å². The number of nitrogens with one attached hydrogen (secondary N) is 2. The van der Waals surface area contributed by atoms with Crippen molar-refractivity contribution in [3.63, 3.8) is 0 Å². The monoisotopic (exact) mass is 627 g/mol. The van der Waals surface area contributed by atoms with Crippen LogP contribution in [0.2, 0.25) is 5.02 Å². The highest BCUT2D eigenvalue weighted by Crippen LogP contribution is 2.19. The molecule has 8 nitrogen and oxygen atoms in total. The zero-order chi connectivity index (χ0) is 31.2. The van der Waals surface area contributed by atoms with E-state index in [9.17, 15) is 18.0 Å². The van der Waals surface area contributed by atoms with Crippen molar-refractivity contribution < 1.29 is 22.7 Å². The minimum absolute atomic E-state index is 0.114. The van der Waals surface area contributed by atoms with E-state index < -0.39 is 16.1 Å². The van der Waals surface area contributed by atoms with E-state index in [4.69, 9.17) is 16.3 Å². The van der Waals surface area contributed by atoms with Crippen LogP contribution >= 0.6 is 11.6 Å². The van der Waals surface area contributed by atoms with Gasteiger partial charge in [-0.05, 0) is 67.6 Å². The summed E-state index contributed by atoms with van der Waals surface area (Å²) in [4.78, 5) is 29.4. The second-order valence-corrected chi connectivity index (χ2v) is 12.8. The zero-order valence-electron chi connectivity index (χ0n) is 25.1. The largest absolute Gasteiger partial charge is 0.379 e. The number of hydrogen-bond donors (Lipinski definition) is 2. The third-order valence-corrected chi connectivity index (χ3v) is 8.62. The molecule has 0 aromatic heterocycles. The summed E-state index contributed by atoms with van der Waals surface area (Å²) in [6.07, 6.45) is 1.66. The lowest BCUT2D eigenvalue weighted by Gasteiger charge is -2.32. The maximum atomic E-state index is 13.9. The molecule has 0 spiro atoms. The van der Waals surface area contributed by atoms with E-state index in [2.05, 4.69) is 10.0 Å². The number of halogens is 1. The summed E-state index contributed by atoms with van der Waals surface area (Å²) in [5.41, 5.74) is 2.62. The molecule has 0 aliphatic heterocycles. The van der Waals surface area contributed by atoms with Crippen molar-refractivity contribution in [2.75, 3.05) is 19.7 Å². The molecule has 43 heavy (non-hydrogen) atoms. The van der Waals surface area contributed by atoms with Gasteiger partial charge in [-0.2, -0.15) is 0 Å². The summed E-state index contributed by atoms with van der Waals surface area (Å²) in [5.74, 6) is -0.410. The normalized spacial score (nSPS) is 12.2. The van der Waals surface area contributed by atoms with E-state index in [0.29, 0.717) is 44.0 Å². The van der Waals surface area contributed by atoms with Gasteiger partial charge in [-0.25, -0.2) is 13.1 Å². The molecule has 3 aromatic carbocycles. The van der Waals surface area contributed by atoms with Gasteiger partial charge in [-0.15, -0.1) is 0 Å². The number of ether oxygens (including phenoxy) is 1. The zero-order valence-corrected chi connectivity index (χ0v) is 26.7. The Labute approximate surface area is 260 Å². The van der Waals surface area contributed by atoms with Crippen LogP contribution in [-0.4, -0.2) is 57.0 Å². The number of benzene rings is 3. The molecule has 0 heterocycles. The van der Waals surface area contributed by atoms with Gasteiger partial charge in [0.2, 0.25) is 21.8 Å². The van der Waals surface area contributed by atoms with Crippen LogP contribution in [0, 0.1) is 0 Å². The summed E-state index contributed by atoms with van der Waals surface area (Å²) < 4.78 is 32.7. The van der Waals surface area contributed by atoms with Crippen molar-refractivity contribution in [1.82, 2.24) is 14.9 Å². The third-order valence-electron chi connectivity index (χ3n) is 6.80. The summed E-state index contributed by atoms with van der Waals surface area (Å²) in [6.45, 7) is 7.15. The lowest BCUT2D eigenvalue weighted by molar-refractivity contribution is -0.141. The van der Waals surface area contributed by atoms with Crippen molar-refractivity contribution in [3.05, 3.63) is 101 Å². The summed E-state index contributed by atoms with van der Waals surface area (Å²) in [7, 11) is -3.56. The van der Waals surface area contributed by atoms with Crippen molar-refractivity contribution in [2.24, 2.45) is 0 Å². The van der Waals surface area contributed by atoms with Gasteiger partial charge in [0.25, 0.3) is 0 Å². The number of hydrogen-bond acceptors (Lipinski definition) is 5. The molecule has 1 atom stereocenters. The molecule has 10 heteroatoms. The average molecular weight is 628 g/mol. The van der Waals surface area contributed by atoms with Crippen molar-refractivity contribution in [3.8, 4) is 0 Å². The SMILES string of the molecule is CCNS(=O)(=O)c1ccc(CCC(=O)N(Cc2ccc(Cl)cc2)[C@@H](Cc2ccccc2)C(=O)NCCCOC(C)C)cc1. The predicted molar refractivity (Wildman–Crippen MR) is 170 cm³/mol. The Kier molecular flexibility index (Phi) is 13.7. The van der Waals surface area contributed by atoms with Crippen LogP contribution in [0.25, 0.3) is 0 Å². The molecule has 232 valence electrons. The molecule has 0 radical (unpaired) electrons. The van der Waals surface area contributed by atoms with Crippen LogP contribution in [0.5, 0.6) is 0 Å². The van der Waals surface area contributed by atoms with E-state index >= 15 is 0 Å². The standard InChI is InChI=1S/C33H42ClN3O5S/c1-4-36-43(40,41)30-18-13-26(14-19-30)15-20-32(38)37(24-28-11-16-29(34)17-12-28)31(23-27-9-6-5-7-10-27)33(39)35-21-8-22-42-25(2)3/h5-7,9-14,16-19,25,31,36H,4,8,15,20-24H2,1-3H3,(H,35,39)/t31-/m0/s1. The number of nitrogens with zero attached hydrogens (tertiary/aromatic N) is 1. The number of rotatable bonds is 17. The molecular formula is C33H42ClN3O5S. The fourth-order valence-corrected chi connectivity index (χ4v) is 5.73. The first-order valence-corrected chi connectivity index (χ1v) is 16.5. The molecule has 0 aliphatic carbocycles. The van der Waals surface area contributed by atoms with Crippen LogP contribution in [-0.2, 0) is 43.7 Å². The number of aryl methyl sites for hydroxylation is 1. The number of carbonyl (C=O) groups is 2. The molecule has 2 amide bonds. The Hall–Kier alpha value is -3.24. The minimum Gasteiger partial charge on any atom is -0.379 e. The van der Waals surface area contributed by atoms with E-state index in [1.54, 1.807) is 36.1 Å². The third kappa shape index (κ3) is 11.4. The molecule has 0 unspecified atom stereocenters. The van der Waals surface area contributed by atoms with Gasteiger partial charge in [-0.1, -0.05) is 73.1 Å². The smallest absolute Gasteiger partial charge is 0.243 e. The summed E-state index contributed by atoms with van der Waals surface area (Å²) in [5, 5.41) is 3.60. The van der Waals surface area contributed by atoms with Gasteiger partial charge >= 0.3 is 0 Å². The molecule has 2 N–H and O–H groups in total. The molecule has 0 saturated heterocycles. The van der Waals surface area contributed by atoms with Crippen LogP contribution < -0.4 is 10.0 Å². The molecule has 3 rings (SSSR count).